The topological polar surface area (TPSA) is 114 Å². The van der Waals surface area contributed by atoms with Gasteiger partial charge in [-0.2, -0.15) is 0 Å². The maximum absolute atomic E-state index is 11.9. The van der Waals surface area contributed by atoms with Crippen LogP contribution in [-0.2, 0) is 19.1 Å². The van der Waals surface area contributed by atoms with Crippen LogP contribution < -0.4 is 16.2 Å². The van der Waals surface area contributed by atoms with Gasteiger partial charge in [-0.3, -0.25) is 30.0 Å². The molecule has 30 heavy (non-hydrogen) atoms. The predicted octanol–water partition coefficient (Wildman–Crippen LogP) is 3.37. The van der Waals surface area contributed by atoms with Gasteiger partial charge in [0.2, 0.25) is 5.91 Å². The summed E-state index contributed by atoms with van der Waals surface area (Å²) in [5.41, 5.74) is 4.85. The average Bonchev–Trinajstić information content (AvgIpc) is 2.71. The molecule has 3 amide bonds. The number of rotatable bonds is 7. The number of carbonyl (C=O) groups excluding carboxylic acids is 4. The van der Waals surface area contributed by atoms with Crippen molar-refractivity contribution in [2.24, 2.45) is 0 Å². The van der Waals surface area contributed by atoms with E-state index in [1.165, 1.54) is 30.3 Å². The quantitative estimate of drug-likeness (QED) is 0.422. The van der Waals surface area contributed by atoms with E-state index in [-0.39, 0.29) is 28.5 Å². The van der Waals surface area contributed by atoms with E-state index in [9.17, 15) is 19.2 Å². The summed E-state index contributed by atoms with van der Waals surface area (Å²) in [6.45, 7) is -0.553. The Kier molecular flexibility index (Phi) is 8.91. The van der Waals surface area contributed by atoms with E-state index in [1.54, 1.807) is 12.1 Å². The molecule has 8 nitrogen and oxygen atoms in total. The van der Waals surface area contributed by atoms with Gasteiger partial charge < -0.3 is 10.1 Å². The Hall–Kier alpha value is -2.81. The van der Waals surface area contributed by atoms with Crippen LogP contribution in [0.25, 0.3) is 0 Å². The zero-order valence-electron chi connectivity index (χ0n) is 15.3. The van der Waals surface area contributed by atoms with Gasteiger partial charge in [0.05, 0.1) is 27.7 Å². The number of amides is 3. The number of esters is 1. The van der Waals surface area contributed by atoms with Crippen LogP contribution in [0.1, 0.15) is 23.2 Å². The normalized spacial score (nSPS) is 10.1. The third-order valence-corrected chi connectivity index (χ3v) is 4.44. The van der Waals surface area contributed by atoms with Crippen molar-refractivity contribution in [3.63, 3.8) is 0 Å². The molecule has 0 spiro atoms. The van der Waals surface area contributed by atoms with Gasteiger partial charge in [-0.05, 0) is 30.3 Å². The van der Waals surface area contributed by atoms with E-state index in [2.05, 4.69) is 16.2 Å². The van der Waals surface area contributed by atoms with Crippen molar-refractivity contribution in [2.45, 2.75) is 12.8 Å². The molecule has 0 heterocycles. The lowest BCUT2D eigenvalue weighted by atomic mass is 10.2. The van der Waals surface area contributed by atoms with Crippen LogP contribution >= 0.6 is 34.8 Å². The number of halogens is 3. The number of anilines is 1. The molecule has 2 aromatic carbocycles. The van der Waals surface area contributed by atoms with E-state index in [0.29, 0.717) is 10.7 Å². The van der Waals surface area contributed by atoms with E-state index < -0.39 is 30.3 Å². The molecule has 0 aliphatic carbocycles. The van der Waals surface area contributed by atoms with E-state index in [4.69, 9.17) is 39.5 Å². The summed E-state index contributed by atoms with van der Waals surface area (Å²) in [4.78, 5) is 47.2. The maximum Gasteiger partial charge on any atom is 0.306 e. The Morgan fingerprint density at radius 1 is 0.833 bits per heavy atom. The molecule has 0 atom stereocenters. The predicted molar refractivity (Wildman–Crippen MR) is 112 cm³/mol. The molecule has 0 aliphatic heterocycles. The third-order valence-electron chi connectivity index (χ3n) is 3.56. The Morgan fingerprint density at radius 2 is 1.57 bits per heavy atom. The molecule has 0 bridgehead atoms. The lowest BCUT2D eigenvalue weighted by Gasteiger charge is -2.09. The summed E-state index contributed by atoms with van der Waals surface area (Å²) in [5, 5.41) is 3.34. The number of nitrogens with one attached hydrogen (secondary N) is 3. The van der Waals surface area contributed by atoms with E-state index in [0.717, 1.165) is 0 Å². The lowest BCUT2D eigenvalue weighted by molar-refractivity contribution is -0.148. The Morgan fingerprint density at radius 3 is 2.27 bits per heavy atom. The minimum absolute atomic E-state index is 0.186. The molecular weight excluding hydrogens is 457 g/mol. The van der Waals surface area contributed by atoms with Crippen molar-refractivity contribution in [2.75, 3.05) is 11.9 Å². The highest BCUT2D eigenvalue weighted by Crippen LogP contribution is 2.25. The second-order valence-corrected chi connectivity index (χ2v) is 7.07. The second-order valence-electron chi connectivity index (χ2n) is 5.82. The molecule has 0 fully saturated rings. The fraction of sp³-hybridized carbons (Fsp3) is 0.158. The maximum atomic E-state index is 11.9. The largest absolute Gasteiger partial charge is 0.456 e. The smallest absolute Gasteiger partial charge is 0.306 e. The van der Waals surface area contributed by atoms with Crippen LogP contribution in [-0.4, -0.2) is 30.3 Å². The van der Waals surface area contributed by atoms with Gasteiger partial charge in [-0.25, -0.2) is 0 Å². The number of carbonyl (C=O) groups is 4. The summed E-state index contributed by atoms with van der Waals surface area (Å²) in [6.07, 6.45) is -0.547. The molecular formula is C19H16Cl3N3O5. The number of hydrogen-bond acceptors (Lipinski definition) is 5. The van der Waals surface area contributed by atoms with E-state index in [1.807, 2.05) is 0 Å². The van der Waals surface area contributed by atoms with Crippen molar-refractivity contribution in [3.8, 4) is 0 Å². The molecule has 2 rings (SSSR count). The first-order chi connectivity index (χ1) is 14.3. The van der Waals surface area contributed by atoms with Gasteiger partial charge in [-0.1, -0.05) is 46.9 Å². The lowest BCUT2D eigenvalue weighted by Crippen LogP contribution is -2.41. The zero-order valence-corrected chi connectivity index (χ0v) is 17.6. The minimum atomic E-state index is -0.764. The van der Waals surface area contributed by atoms with Crippen LogP contribution in [0.2, 0.25) is 15.1 Å². The monoisotopic (exact) mass is 471 g/mol. The van der Waals surface area contributed by atoms with Crippen LogP contribution in [0, 0.1) is 0 Å². The van der Waals surface area contributed by atoms with Gasteiger partial charge in [0, 0.05) is 11.4 Å². The number of hydrogen-bond donors (Lipinski definition) is 3. The summed E-state index contributed by atoms with van der Waals surface area (Å²) in [5.74, 6) is -2.59. The second kappa shape index (κ2) is 11.4. The van der Waals surface area contributed by atoms with Gasteiger partial charge in [0.1, 0.15) is 0 Å². The average molecular weight is 473 g/mol. The van der Waals surface area contributed by atoms with Crippen molar-refractivity contribution < 1.29 is 23.9 Å². The first-order valence-electron chi connectivity index (χ1n) is 8.50. The molecule has 0 saturated carbocycles. The minimum Gasteiger partial charge on any atom is -0.456 e. The fourth-order valence-electron chi connectivity index (χ4n) is 2.11. The Balaban J connectivity index is 1.67. The molecule has 158 valence electrons. The Labute approximate surface area is 186 Å². The van der Waals surface area contributed by atoms with E-state index >= 15 is 0 Å². The summed E-state index contributed by atoms with van der Waals surface area (Å²) < 4.78 is 4.80. The van der Waals surface area contributed by atoms with Crippen LogP contribution in [0.5, 0.6) is 0 Å². The number of hydrazine groups is 1. The van der Waals surface area contributed by atoms with Crippen molar-refractivity contribution in [3.05, 3.63) is 63.1 Å². The molecule has 0 unspecified atom stereocenters. The summed E-state index contributed by atoms with van der Waals surface area (Å²) in [7, 11) is 0. The van der Waals surface area contributed by atoms with Crippen LogP contribution in [0.3, 0.4) is 0 Å². The first kappa shape index (κ1) is 23.5. The highest BCUT2D eigenvalue weighted by Gasteiger charge is 2.14. The highest BCUT2D eigenvalue weighted by molar-refractivity contribution is 6.36. The molecule has 11 heteroatoms. The van der Waals surface area contributed by atoms with Gasteiger partial charge in [0.25, 0.3) is 11.8 Å². The number of ether oxygens (including phenoxy) is 1. The van der Waals surface area contributed by atoms with Crippen molar-refractivity contribution in [1.29, 1.82) is 0 Å². The first-order valence-corrected chi connectivity index (χ1v) is 9.64. The molecule has 0 saturated heterocycles. The van der Waals surface area contributed by atoms with Crippen LogP contribution in [0.15, 0.2) is 42.5 Å². The standard InChI is InChI=1S/C19H16Cl3N3O5/c20-11-5-6-15(14(22)9-11)23-17(27)10-30-18(28)8-7-16(26)24-25-19(29)12-3-1-2-4-13(12)21/h1-6,9H,7-8,10H2,(H,23,27)(H,24,26)(H,25,29). The summed E-state index contributed by atoms with van der Waals surface area (Å²) in [6, 6.07) is 10.8. The molecule has 2 aromatic rings. The van der Waals surface area contributed by atoms with Gasteiger partial charge in [-0.15, -0.1) is 0 Å². The molecule has 0 radical (unpaired) electrons. The van der Waals surface area contributed by atoms with Crippen molar-refractivity contribution >= 4 is 64.2 Å². The molecule has 0 aliphatic rings. The van der Waals surface area contributed by atoms with Crippen molar-refractivity contribution in [1.82, 2.24) is 10.9 Å². The molecule has 0 aromatic heterocycles. The summed E-state index contributed by atoms with van der Waals surface area (Å²) >= 11 is 17.6. The zero-order chi connectivity index (χ0) is 22.1. The third kappa shape index (κ3) is 7.55. The Bertz CT molecular complexity index is 968. The van der Waals surface area contributed by atoms with Gasteiger partial charge in [0.15, 0.2) is 6.61 Å². The SMILES string of the molecule is O=C(CCC(=O)OCC(=O)Nc1ccc(Cl)cc1Cl)NNC(=O)c1ccccc1Cl. The van der Waals surface area contributed by atoms with Gasteiger partial charge >= 0.3 is 5.97 Å². The molecule has 3 N–H and O–H groups in total. The van der Waals surface area contributed by atoms with Crippen LogP contribution in [0.4, 0.5) is 5.69 Å². The highest BCUT2D eigenvalue weighted by atomic mass is 35.5. The fourth-order valence-corrected chi connectivity index (χ4v) is 2.79. The number of benzene rings is 2.